The molecule has 72 valence electrons. The number of benzene rings is 1. The van der Waals surface area contributed by atoms with Crippen molar-refractivity contribution in [1.82, 2.24) is 0 Å². The van der Waals surface area contributed by atoms with Crippen LogP contribution < -0.4 is 0 Å². The van der Waals surface area contributed by atoms with Crippen LogP contribution in [0.3, 0.4) is 0 Å². The lowest BCUT2D eigenvalue weighted by Crippen LogP contribution is -1.93. The summed E-state index contributed by atoms with van der Waals surface area (Å²) in [6.45, 7) is 0.127. The smallest absolute Gasteiger partial charge is 0.0684 e. The van der Waals surface area contributed by atoms with E-state index in [0.717, 1.165) is 12.0 Å². The lowest BCUT2D eigenvalue weighted by Gasteiger charge is -2.04. The third-order valence-electron chi connectivity index (χ3n) is 2.23. The second-order valence-corrected chi connectivity index (χ2v) is 4.22. The molecule has 0 atom stereocenters. The zero-order valence-corrected chi connectivity index (χ0v) is 8.63. The molecule has 1 N–H and O–H groups in total. The normalized spacial score (nSPS) is 10.4. The van der Waals surface area contributed by atoms with Crippen molar-refractivity contribution >= 4 is 11.3 Å². The van der Waals surface area contributed by atoms with Gasteiger partial charge >= 0.3 is 0 Å². The van der Waals surface area contributed by atoms with E-state index in [-0.39, 0.29) is 6.61 Å². The summed E-state index contributed by atoms with van der Waals surface area (Å²) in [6.07, 6.45) is 0.925. The first-order chi connectivity index (χ1) is 6.90. The molecule has 0 aliphatic heterocycles. The molecule has 0 saturated carbocycles. The van der Waals surface area contributed by atoms with Gasteiger partial charge in [-0.25, -0.2) is 0 Å². The Hall–Kier alpha value is -1.12. The molecule has 0 amide bonds. The van der Waals surface area contributed by atoms with Crippen LogP contribution in [0.2, 0.25) is 0 Å². The Kier molecular flexibility index (Phi) is 2.96. The highest BCUT2D eigenvalue weighted by atomic mass is 32.1. The highest BCUT2D eigenvalue weighted by molar-refractivity contribution is 7.09. The SMILES string of the molecule is OCc1ccccc1Cc1cccs1. The van der Waals surface area contributed by atoms with E-state index >= 15 is 0 Å². The van der Waals surface area contributed by atoms with Crippen molar-refractivity contribution in [3.8, 4) is 0 Å². The summed E-state index contributed by atoms with van der Waals surface area (Å²) in [5.74, 6) is 0. The van der Waals surface area contributed by atoms with Gasteiger partial charge < -0.3 is 5.11 Å². The number of aliphatic hydroxyl groups excluding tert-OH is 1. The van der Waals surface area contributed by atoms with Gasteiger partial charge in [0.2, 0.25) is 0 Å². The molecule has 2 rings (SSSR count). The van der Waals surface area contributed by atoms with Crippen LogP contribution in [0.4, 0.5) is 0 Å². The Bertz CT molecular complexity index is 392. The van der Waals surface area contributed by atoms with E-state index in [9.17, 15) is 0 Å². The molecule has 0 saturated heterocycles. The van der Waals surface area contributed by atoms with Gasteiger partial charge in [-0.2, -0.15) is 0 Å². The molecule has 1 aromatic carbocycles. The van der Waals surface area contributed by atoms with Crippen molar-refractivity contribution in [1.29, 1.82) is 0 Å². The third-order valence-corrected chi connectivity index (χ3v) is 3.11. The predicted molar refractivity (Wildman–Crippen MR) is 59.5 cm³/mol. The molecule has 1 heterocycles. The van der Waals surface area contributed by atoms with Crippen molar-refractivity contribution in [3.05, 3.63) is 57.8 Å². The van der Waals surface area contributed by atoms with E-state index in [2.05, 4.69) is 23.6 Å². The minimum atomic E-state index is 0.127. The number of rotatable bonds is 3. The highest BCUT2D eigenvalue weighted by Crippen LogP contribution is 2.17. The largest absolute Gasteiger partial charge is 0.392 e. The van der Waals surface area contributed by atoms with Gasteiger partial charge in [-0.1, -0.05) is 30.3 Å². The average molecular weight is 204 g/mol. The first-order valence-electron chi connectivity index (χ1n) is 4.60. The Balaban J connectivity index is 2.24. The first-order valence-corrected chi connectivity index (χ1v) is 5.48. The van der Waals surface area contributed by atoms with Crippen LogP contribution in [0.15, 0.2) is 41.8 Å². The van der Waals surface area contributed by atoms with Gasteiger partial charge in [0, 0.05) is 11.3 Å². The molecule has 1 aromatic heterocycles. The molecule has 0 radical (unpaired) electrons. The topological polar surface area (TPSA) is 20.2 Å². The minimum Gasteiger partial charge on any atom is -0.392 e. The van der Waals surface area contributed by atoms with Gasteiger partial charge in [-0.05, 0) is 22.6 Å². The van der Waals surface area contributed by atoms with E-state index < -0.39 is 0 Å². The van der Waals surface area contributed by atoms with Crippen molar-refractivity contribution in [2.45, 2.75) is 13.0 Å². The maximum absolute atomic E-state index is 9.15. The Morgan fingerprint density at radius 2 is 1.79 bits per heavy atom. The number of hydrogen-bond donors (Lipinski definition) is 1. The van der Waals surface area contributed by atoms with E-state index in [1.54, 1.807) is 11.3 Å². The highest BCUT2D eigenvalue weighted by Gasteiger charge is 2.01. The molecule has 0 unspecified atom stereocenters. The molecule has 14 heavy (non-hydrogen) atoms. The van der Waals surface area contributed by atoms with Gasteiger partial charge in [-0.3, -0.25) is 0 Å². The van der Waals surface area contributed by atoms with E-state index in [4.69, 9.17) is 5.11 Å². The van der Waals surface area contributed by atoms with Crippen LogP contribution in [0.5, 0.6) is 0 Å². The van der Waals surface area contributed by atoms with Gasteiger partial charge in [-0.15, -0.1) is 11.3 Å². The van der Waals surface area contributed by atoms with Gasteiger partial charge in [0.05, 0.1) is 6.61 Å². The molecule has 0 spiro atoms. The first kappa shape index (κ1) is 9.44. The Morgan fingerprint density at radius 3 is 2.43 bits per heavy atom. The molecule has 0 fully saturated rings. The summed E-state index contributed by atoms with van der Waals surface area (Å²) in [4.78, 5) is 1.34. The molecule has 2 aromatic rings. The van der Waals surface area contributed by atoms with E-state index in [1.165, 1.54) is 10.4 Å². The molecule has 2 heteroatoms. The van der Waals surface area contributed by atoms with Crippen molar-refractivity contribution < 1.29 is 5.11 Å². The molecule has 0 aliphatic rings. The molecular formula is C12H12OS. The molecular weight excluding hydrogens is 192 g/mol. The monoisotopic (exact) mass is 204 g/mol. The lowest BCUT2D eigenvalue weighted by molar-refractivity contribution is 0.281. The van der Waals surface area contributed by atoms with Gasteiger partial charge in [0.1, 0.15) is 0 Å². The summed E-state index contributed by atoms with van der Waals surface area (Å²) >= 11 is 1.76. The summed E-state index contributed by atoms with van der Waals surface area (Å²) < 4.78 is 0. The maximum atomic E-state index is 9.15. The fourth-order valence-electron chi connectivity index (χ4n) is 1.49. The quantitative estimate of drug-likeness (QED) is 0.815. The second-order valence-electron chi connectivity index (χ2n) is 3.18. The molecule has 0 aliphatic carbocycles. The zero-order chi connectivity index (χ0) is 9.80. The van der Waals surface area contributed by atoms with Crippen molar-refractivity contribution in [2.75, 3.05) is 0 Å². The van der Waals surface area contributed by atoms with Crippen LogP contribution in [-0.2, 0) is 13.0 Å². The predicted octanol–water partition coefficient (Wildman–Crippen LogP) is 2.83. The van der Waals surface area contributed by atoms with Crippen LogP contribution in [-0.4, -0.2) is 5.11 Å². The van der Waals surface area contributed by atoms with E-state index in [0.29, 0.717) is 0 Å². The average Bonchev–Trinajstić information content (AvgIpc) is 2.71. The van der Waals surface area contributed by atoms with Gasteiger partial charge in [0.25, 0.3) is 0 Å². The minimum absolute atomic E-state index is 0.127. The Morgan fingerprint density at radius 1 is 1.00 bits per heavy atom. The third kappa shape index (κ3) is 2.03. The number of thiophene rings is 1. The van der Waals surface area contributed by atoms with Crippen LogP contribution in [0, 0.1) is 0 Å². The molecule has 0 bridgehead atoms. The fourth-order valence-corrected chi connectivity index (χ4v) is 2.21. The van der Waals surface area contributed by atoms with Crippen LogP contribution in [0.25, 0.3) is 0 Å². The summed E-state index contributed by atoms with van der Waals surface area (Å²) in [7, 11) is 0. The van der Waals surface area contributed by atoms with E-state index in [1.807, 2.05) is 18.2 Å². The zero-order valence-electron chi connectivity index (χ0n) is 7.81. The van der Waals surface area contributed by atoms with Crippen LogP contribution >= 0.6 is 11.3 Å². The number of hydrogen-bond acceptors (Lipinski definition) is 2. The maximum Gasteiger partial charge on any atom is 0.0684 e. The summed E-state index contributed by atoms with van der Waals surface area (Å²) in [5.41, 5.74) is 2.25. The summed E-state index contributed by atoms with van der Waals surface area (Å²) in [6, 6.07) is 12.2. The van der Waals surface area contributed by atoms with Gasteiger partial charge in [0.15, 0.2) is 0 Å². The fraction of sp³-hybridized carbons (Fsp3) is 0.167. The summed E-state index contributed by atoms with van der Waals surface area (Å²) in [5, 5.41) is 11.2. The number of aliphatic hydroxyl groups is 1. The lowest BCUT2D eigenvalue weighted by atomic mass is 10.0. The van der Waals surface area contributed by atoms with Crippen LogP contribution in [0.1, 0.15) is 16.0 Å². The standard InChI is InChI=1S/C12H12OS/c13-9-11-5-2-1-4-10(11)8-12-6-3-7-14-12/h1-7,13H,8-9H2. The van der Waals surface area contributed by atoms with Crippen molar-refractivity contribution in [3.63, 3.8) is 0 Å². The Labute approximate surface area is 87.7 Å². The molecule has 1 nitrogen and oxygen atoms in total. The van der Waals surface area contributed by atoms with Crippen molar-refractivity contribution in [2.24, 2.45) is 0 Å². The second kappa shape index (κ2) is 4.40.